The molecule has 0 spiro atoms. The van der Waals surface area contributed by atoms with Crippen molar-refractivity contribution in [2.24, 2.45) is 5.92 Å². The summed E-state index contributed by atoms with van der Waals surface area (Å²) in [6.07, 6.45) is 6.41. The Morgan fingerprint density at radius 2 is 2.07 bits per heavy atom. The Hall–Kier alpha value is -1.63. The molecule has 1 amide bonds. The summed E-state index contributed by atoms with van der Waals surface area (Å²) >= 11 is 0. The van der Waals surface area contributed by atoms with Gasteiger partial charge in [0, 0.05) is 20.2 Å². The van der Waals surface area contributed by atoms with Gasteiger partial charge < -0.3 is 24.8 Å². The van der Waals surface area contributed by atoms with Gasteiger partial charge in [0.2, 0.25) is 5.91 Å². The maximum absolute atomic E-state index is 13.0. The zero-order valence-corrected chi connectivity index (χ0v) is 17.2. The van der Waals surface area contributed by atoms with E-state index < -0.39 is 6.10 Å². The molecule has 0 saturated heterocycles. The highest BCUT2D eigenvalue weighted by Crippen LogP contribution is 2.42. The number of hydrogen-bond acceptors (Lipinski definition) is 5. The number of amides is 1. The number of nitrogens with one attached hydrogen (secondary N) is 1. The van der Waals surface area contributed by atoms with Crippen LogP contribution in [0.4, 0.5) is 0 Å². The third-order valence-corrected chi connectivity index (χ3v) is 6.06. The Labute approximate surface area is 168 Å². The Morgan fingerprint density at radius 1 is 1.29 bits per heavy atom. The molecule has 1 aliphatic carbocycles. The van der Waals surface area contributed by atoms with Crippen molar-refractivity contribution in [3.8, 4) is 5.75 Å². The fraction of sp³-hybridized carbons (Fsp3) is 0.682. The monoisotopic (exact) mass is 390 g/mol. The molecule has 2 N–H and O–H groups in total. The second-order valence-corrected chi connectivity index (χ2v) is 7.98. The van der Waals surface area contributed by atoms with Crippen LogP contribution in [0.15, 0.2) is 18.2 Å². The van der Waals surface area contributed by atoms with Gasteiger partial charge in [-0.05, 0) is 48.4 Å². The van der Waals surface area contributed by atoms with Gasteiger partial charge in [0.15, 0.2) is 0 Å². The zero-order chi connectivity index (χ0) is 19.9. The van der Waals surface area contributed by atoms with Gasteiger partial charge in [0.25, 0.3) is 0 Å². The first-order chi connectivity index (χ1) is 13.6. The van der Waals surface area contributed by atoms with Crippen LogP contribution in [0.1, 0.15) is 49.3 Å². The molecular formula is C22H34N2O4. The van der Waals surface area contributed by atoms with Gasteiger partial charge >= 0.3 is 0 Å². The minimum Gasteiger partial charge on any atom is -0.497 e. The molecule has 0 radical (unpaired) electrons. The highest BCUT2D eigenvalue weighted by atomic mass is 16.5. The molecule has 1 saturated carbocycles. The number of rotatable bonds is 8. The number of carbonyl (C=O) groups is 1. The number of benzene rings is 1. The van der Waals surface area contributed by atoms with Crippen molar-refractivity contribution in [2.75, 3.05) is 40.5 Å². The van der Waals surface area contributed by atoms with Crippen LogP contribution in [0.25, 0.3) is 0 Å². The number of aliphatic hydroxyl groups excluding tert-OH is 1. The average Bonchev–Trinajstić information content (AvgIpc) is 2.73. The van der Waals surface area contributed by atoms with Gasteiger partial charge in [-0.1, -0.05) is 25.3 Å². The standard InChI is InChI=1S/C22H34N2O4/c1-27-15-18(25)13-23-14-21(26)24-11-10-17-12-19(28-2)8-9-20(17)22(24)16-6-4-3-5-7-16/h8-9,12,16,18,22-23,25H,3-7,10-11,13-15H2,1-2H3. The van der Waals surface area contributed by atoms with E-state index in [2.05, 4.69) is 22.3 Å². The number of carbonyl (C=O) groups excluding carboxylic acids is 1. The van der Waals surface area contributed by atoms with E-state index >= 15 is 0 Å². The summed E-state index contributed by atoms with van der Waals surface area (Å²) in [6, 6.07) is 6.45. The molecule has 0 aromatic heterocycles. The van der Waals surface area contributed by atoms with Crippen LogP contribution in [0.2, 0.25) is 0 Å². The molecule has 6 nitrogen and oxygen atoms in total. The van der Waals surface area contributed by atoms with Crippen molar-refractivity contribution in [1.29, 1.82) is 0 Å². The summed E-state index contributed by atoms with van der Waals surface area (Å²) in [5.74, 6) is 1.51. The summed E-state index contributed by atoms with van der Waals surface area (Å²) in [7, 11) is 3.26. The van der Waals surface area contributed by atoms with E-state index in [0.717, 1.165) is 18.7 Å². The van der Waals surface area contributed by atoms with Crippen molar-refractivity contribution in [3.05, 3.63) is 29.3 Å². The molecule has 2 atom stereocenters. The molecule has 1 fully saturated rings. The van der Waals surface area contributed by atoms with Crippen LogP contribution in [-0.4, -0.2) is 62.5 Å². The lowest BCUT2D eigenvalue weighted by molar-refractivity contribution is -0.135. The third-order valence-electron chi connectivity index (χ3n) is 6.06. The molecule has 3 rings (SSSR count). The molecular weight excluding hydrogens is 356 g/mol. The molecule has 6 heteroatoms. The molecule has 1 aromatic rings. The number of fused-ring (bicyclic) bond motifs is 1. The number of aliphatic hydroxyl groups is 1. The Kier molecular flexibility index (Phi) is 7.71. The minimum absolute atomic E-state index is 0.113. The summed E-state index contributed by atoms with van der Waals surface area (Å²) in [5.41, 5.74) is 2.59. The number of methoxy groups -OCH3 is 2. The number of ether oxygens (including phenoxy) is 2. The van der Waals surface area contributed by atoms with Crippen LogP contribution in [0, 0.1) is 5.92 Å². The normalized spacial score (nSPS) is 21.2. The molecule has 2 unspecified atom stereocenters. The molecule has 1 aliphatic heterocycles. The highest BCUT2D eigenvalue weighted by molar-refractivity contribution is 5.79. The van der Waals surface area contributed by atoms with Gasteiger partial charge in [-0.3, -0.25) is 4.79 Å². The second-order valence-electron chi connectivity index (χ2n) is 7.98. The van der Waals surface area contributed by atoms with Crippen molar-refractivity contribution >= 4 is 5.91 Å². The van der Waals surface area contributed by atoms with E-state index in [-0.39, 0.29) is 25.1 Å². The van der Waals surface area contributed by atoms with E-state index in [4.69, 9.17) is 9.47 Å². The molecule has 2 aliphatic rings. The smallest absolute Gasteiger partial charge is 0.237 e. The van der Waals surface area contributed by atoms with Gasteiger partial charge in [-0.15, -0.1) is 0 Å². The molecule has 1 aromatic carbocycles. The summed E-state index contributed by atoms with van der Waals surface area (Å²) < 4.78 is 10.3. The van der Waals surface area contributed by atoms with Crippen molar-refractivity contribution < 1.29 is 19.4 Å². The predicted octanol–water partition coefficient (Wildman–Crippen LogP) is 2.30. The maximum Gasteiger partial charge on any atom is 0.237 e. The van der Waals surface area contributed by atoms with Crippen LogP contribution in [-0.2, 0) is 16.0 Å². The Morgan fingerprint density at radius 3 is 2.79 bits per heavy atom. The first-order valence-corrected chi connectivity index (χ1v) is 10.5. The van der Waals surface area contributed by atoms with Crippen LogP contribution >= 0.6 is 0 Å². The summed E-state index contributed by atoms with van der Waals surface area (Å²) in [5, 5.41) is 12.9. The molecule has 1 heterocycles. The molecule has 156 valence electrons. The predicted molar refractivity (Wildman–Crippen MR) is 108 cm³/mol. The zero-order valence-electron chi connectivity index (χ0n) is 17.2. The van der Waals surface area contributed by atoms with E-state index in [9.17, 15) is 9.90 Å². The fourth-order valence-corrected chi connectivity index (χ4v) is 4.70. The first kappa shape index (κ1) is 21.1. The van der Waals surface area contributed by atoms with E-state index in [0.29, 0.717) is 12.5 Å². The van der Waals surface area contributed by atoms with Crippen molar-refractivity contribution in [1.82, 2.24) is 10.2 Å². The lowest BCUT2D eigenvalue weighted by atomic mass is 9.77. The van der Waals surface area contributed by atoms with Gasteiger partial charge in [-0.25, -0.2) is 0 Å². The lowest BCUT2D eigenvalue weighted by Crippen LogP contribution is -2.47. The minimum atomic E-state index is -0.596. The summed E-state index contributed by atoms with van der Waals surface area (Å²) in [4.78, 5) is 15.1. The average molecular weight is 391 g/mol. The van der Waals surface area contributed by atoms with E-state index in [1.807, 2.05) is 6.07 Å². The number of hydrogen-bond donors (Lipinski definition) is 2. The van der Waals surface area contributed by atoms with Crippen LogP contribution in [0.3, 0.4) is 0 Å². The molecule has 28 heavy (non-hydrogen) atoms. The SMILES string of the molecule is COCC(O)CNCC(=O)N1CCc2cc(OC)ccc2C1C1CCCCC1. The Balaban J connectivity index is 1.74. The largest absolute Gasteiger partial charge is 0.497 e. The van der Waals surface area contributed by atoms with Crippen LogP contribution in [0.5, 0.6) is 5.75 Å². The topological polar surface area (TPSA) is 71.0 Å². The van der Waals surface area contributed by atoms with E-state index in [1.165, 1.54) is 43.2 Å². The van der Waals surface area contributed by atoms with Crippen molar-refractivity contribution in [2.45, 2.75) is 50.7 Å². The molecule has 0 bridgehead atoms. The summed E-state index contributed by atoms with van der Waals surface area (Å²) in [6.45, 7) is 1.61. The Bertz CT molecular complexity index is 645. The quantitative estimate of drug-likeness (QED) is 0.713. The van der Waals surface area contributed by atoms with Gasteiger partial charge in [0.1, 0.15) is 5.75 Å². The lowest BCUT2D eigenvalue weighted by Gasteiger charge is -2.43. The van der Waals surface area contributed by atoms with Gasteiger partial charge in [-0.2, -0.15) is 0 Å². The van der Waals surface area contributed by atoms with Gasteiger partial charge in [0.05, 0.1) is 32.4 Å². The van der Waals surface area contributed by atoms with Crippen LogP contribution < -0.4 is 10.1 Å². The fourth-order valence-electron chi connectivity index (χ4n) is 4.70. The van der Waals surface area contributed by atoms with Crippen molar-refractivity contribution in [3.63, 3.8) is 0 Å². The number of nitrogens with zero attached hydrogens (tertiary/aromatic N) is 1. The second kappa shape index (κ2) is 10.2. The third kappa shape index (κ3) is 5.04. The maximum atomic E-state index is 13.0. The first-order valence-electron chi connectivity index (χ1n) is 10.5. The highest BCUT2D eigenvalue weighted by Gasteiger charge is 2.36. The van der Waals surface area contributed by atoms with E-state index in [1.54, 1.807) is 14.2 Å².